The van der Waals surface area contributed by atoms with Crippen LogP contribution < -0.4 is 10.4 Å². The smallest absolute Gasteiger partial charge is 0.275 e. The van der Waals surface area contributed by atoms with Gasteiger partial charge < -0.3 is 4.43 Å². The number of hydrogen-bond acceptors (Lipinski definition) is 1. The zero-order chi connectivity index (χ0) is 19.4. The van der Waals surface area contributed by atoms with Gasteiger partial charge in [0.1, 0.15) is 0 Å². The summed E-state index contributed by atoms with van der Waals surface area (Å²) in [4.78, 5) is 0. The Kier molecular flexibility index (Phi) is 6.53. The van der Waals surface area contributed by atoms with Crippen LogP contribution in [0.15, 0.2) is 72.1 Å². The second-order valence-electron chi connectivity index (χ2n) is 9.30. The van der Waals surface area contributed by atoms with Crippen molar-refractivity contribution in [1.29, 1.82) is 0 Å². The number of hydrogen-bond donors (Lipinski definition) is 0. The summed E-state index contributed by atoms with van der Waals surface area (Å²) in [6.45, 7) is 16.8. The monoisotopic (exact) mass is 398 g/mol. The highest BCUT2D eigenvalue weighted by molar-refractivity contribution is 6.96. The van der Waals surface area contributed by atoms with Gasteiger partial charge in [0, 0.05) is 8.07 Å². The summed E-state index contributed by atoms with van der Waals surface area (Å²) >= 11 is 0. The predicted molar refractivity (Wildman–Crippen MR) is 124 cm³/mol. The van der Waals surface area contributed by atoms with Crippen LogP contribution in [0.2, 0.25) is 51.9 Å². The van der Waals surface area contributed by atoms with E-state index in [4.69, 9.17) is 4.43 Å². The molecule has 0 atom stereocenters. The lowest BCUT2D eigenvalue weighted by Gasteiger charge is -2.35. The molecule has 0 radical (unpaired) electrons. The first-order valence-electron chi connectivity index (χ1n) is 9.53. The molecule has 0 amide bonds. The maximum atomic E-state index is 6.92. The van der Waals surface area contributed by atoms with Gasteiger partial charge in [0.2, 0.25) is 0 Å². The minimum absolute atomic E-state index is 1.17. The highest BCUT2D eigenvalue weighted by Crippen LogP contribution is 2.24. The van der Waals surface area contributed by atoms with Crippen molar-refractivity contribution in [2.24, 2.45) is 0 Å². The minimum atomic E-state index is -2.00. The second kappa shape index (κ2) is 8.11. The molecule has 0 unspecified atom stereocenters. The molecule has 140 valence electrons. The lowest BCUT2D eigenvalue weighted by Crippen LogP contribution is -2.52. The molecule has 0 heterocycles. The maximum Gasteiger partial charge on any atom is 0.275 e. The molecule has 0 aliphatic heterocycles. The summed E-state index contributed by atoms with van der Waals surface area (Å²) in [6, 6.07) is 22.9. The van der Waals surface area contributed by atoms with E-state index >= 15 is 0 Å². The molecule has 0 fully saturated rings. The lowest BCUT2D eigenvalue weighted by atomic mass is 10.4. The van der Waals surface area contributed by atoms with Crippen molar-refractivity contribution >= 4 is 34.8 Å². The third-order valence-electron chi connectivity index (χ3n) is 4.85. The van der Waals surface area contributed by atoms with Gasteiger partial charge in [-0.2, -0.15) is 0 Å². The van der Waals surface area contributed by atoms with Gasteiger partial charge in [0.05, 0.1) is 5.38 Å². The van der Waals surface area contributed by atoms with Gasteiger partial charge in [-0.05, 0) is 24.3 Å². The normalized spacial score (nSPS) is 13.6. The van der Waals surface area contributed by atoms with Crippen LogP contribution in [-0.4, -0.2) is 24.5 Å². The molecular weight excluding hydrogens is 364 g/mol. The van der Waals surface area contributed by atoms with Gasteiger partial charge >= 0.3 is 0 Å². The maximum absolute atomic E-state index is 6.92. The van der Waals surface area contributed by atoms with E-state index in [0.29, 0.717) is 0 Å². The number of benzene rings is 2. The van der Waals surface area contributed by atoms with E-state index < -0.39 is 24.5 Å². The average molecular weight is 399 g/mol. The van der Waals surface area contributed by atoms with Crippen LogP contribution in [0.1, 0.15) is 0 Å². The molecule has 0 aromatic heterocycles. The lowest BCUT2D eigenvalue weighted by molar-refractivity contribution is 0.458. The van der Waals surface area contributed by atoms with E-state index in [-0.39, 0.29) is 0 Å². The Labute approximate surface area is 163 Å². The first-order valence-corrected chi connectivity index (χ1v) is 19.1. The Morgan fingerprint density at radius 2 is 1.19 bits per heavy atom. The standard InChI is InChI=1S/C22H34OSi3/c1-24(2,3)19-18-22(25(4,5)20-14-10-8-11-15-20)23-26(6,7)21-16-12-9-13-17-21/h8-18H,19H2,1-7H3/b22-18+. The van der Waals surface area contributed by atoms with Crippen molar-refractivity contribution in [3.05, 3.63) is 72.1 Å². The van der Waals surface area contributed by atoms with Crippen LogP contribution >= 0.6 is 0 Å². The van der Waals surface area contributed by atoms with Crippen molar-refractivity contribution in [2.75, 3.05) is 0 Å². The van der Waals surface area contributed by atoms with E-state index in [2.05, 4.69) is 113 Å². The fourth-order valence-electron chi connectivity index (χ4n) is 2.99. The van der Waals surface area contributed by atoms with Gasteiger partial charge in [-0.25, -0.2) is 0 Å². The summed E-state index contributed by atoms with van der Waals surface area (Å²) in [5.41, 5.74) is 0. The first-order chi connectivity index (χ1) is 12.0. The second-order valence-corrected chi connectivity index (χ2v) is 23.0. The van der Waals surface area contributed by atoms with Crippen molar-refractivity contribution in [2.45, 2.75) is 51.9 Å². The first kappa shape index (κ1) is 20.9. The molecule has 1 nitrogen and oxygen atoms in total. The van der Waals surface area contributed by atoms with E-state index in [0.717, 1.165) is 0 Å². The molecule has 2 rings (SSSR count). The van der Waals surface area contributed by atoms with Crippen LogP contribution in [0.5, 0.6) is 0 Å². The molecule has 0 saturated carbocycles. The Hall–Kier alpha value is -1.37. The zero-order valence-electron chi connectivity index (χ0n) is 17.5. The SMILES string of the molecule is C[Si](C)(C)C/C=C(\O[Si](C)(C)c1ccccc1)[Si](C)(C)c1ccccc1. The van der Waals surface area contributed by atoms with Crippen LogP contribution in [0, 0.1) is 0 Å². The van der Waals surface area contributed by atoms with Gasteiger partial charge in [-0.15, -0.1) is 0 Å². The van der Waals surface area contributed by atoms with Crippen molar-refractivity contribution in [1.82, 2.24) is 0 Å². The molecule has 0 spiro atoms. The van der Waals surface area contributed by atoms with Gasteiger partial charge in [0.15, 0.2) is 8.07 Å². The fourth-order valence-corrected chi connectivity index (χ4v) is 9.45. The van der Waals surface area contributed by atoms with Crippen LogP contribution in [-0.2, 0) is 4.43 Å². The van der Waals surface area contributed by atoms with Crippen molar-refractivity contribution in [3.8, 4) is 0 Å². The Morgan fingerprint density at radius 3 is 1.65 bits per heavy atom. The molecule has 2 aromatic carbocycles. The van der Waals surface area contributed by atoms with Crippen molar-refractivity contribution < 1.29 is 4.43 Å². The molecule has 2 aromatic rings. The van der Waals surface area contributed by atoms with E-state index in [9.17, 15) is 0 Å². The van der Waals surface area contributed by atoms with Gasteiger partial charge in [0.25, 0.3) is 8.32 Å². The molecule has 0 aliphatic rings. The molecule has 26 heavy (non-hydrogen) atoms. The van der Waals surface area contributed by atoms with Gasteiger partial charge in [-0.1, -0.05) is 105 Å². The zero-order valence-corrected chi connectivity index (χ0v) is 20.5. The molecule has 0 N–H and O–H groups in total. The molecule has 4 heteroatoms. The summed E-state index contributed by atoms with van der Waals surface area (Å²) in [5, 5.41) is 4.07. The van der Waals surface area contributed by atoms with Crippen LogP contribution in [0.25, 0.3) is 0 Å². The third-order valence-corrected chi connectivity index (χ3v) is 12.2. The summed E-state index contributed by atoms with van der Waals surface area (Å²) < 4.78 is 6.92. The van der Waals surface area contributed by atoms with Gasteiger partial charge in [-0.3, -0.25) is 0 Å². The van der Waals surface area contributed by atoms with Crippen LogP contribution in [0.3, 0.4) is 0 Å². The highest BCUT2D eigenvalue weighted by atomic mass is 28.4. The molecule has 0 aliphatic carbocycles. The van der Waals surface area contributed by atoms with Crippen LogP contribution in [0.4, 0.5) is 0 Å². The largest absolute Gasteiger partial charge is 0.547 e. The molecular formula is C22H34OSi3. The Morgan fingerprint density at radius 1 is 0.731 bits per heavy atom. The van der Waals surface area contributed by atoms with E-state index in [1.807, 2.05) is 0 Å². The molecule has 0 saturated heterocycles. The Balaban J connectivity index is 2.42. The quantitative estimate of drug-likeness (QED) is 0.442. The fraction of sp³-hybridized carbons (Fsp3) is 0.364. The minimum Gasteiger partial charge on any atom is -0.547 e. The summed E-state index contributed by atoms with van der Waals surface area (Å²) in [6.07, 6.45) is 2.45. The number of rotatable bonds is 7. The average Bonchev–Trinajstić information content (AvgIpc) is 2.59. The summed E-state index contributed by atoms with van der Waals surface area (Å²) in [7, 11) is -5.03. The number of allylic oxidation sites excluding steroid dienone is 1. The molecule has 0 bridgehead atoms. The van der Waals surface area contributed by atoms with E-state index in [1.54, 1.807) is 0 Å². The third kappa shape index (κ3) is 5.56. The predicted octanol–water partition coefficient (Wildman–Crippen LogP) is 5.49. The van der Waals surface area contributed by atoms with Crippen molar-refractivity contribution in [3.63, 3.8) is 0 Å². The topological polar surface area (TPSA) is 9.23 Å². The van der Waals surface area contributed by atoms with E-state index in [1.165, 1.54) is 21.8 Å². The highest BCUT2D eigenvalue weighted by Gasteiger charge is 2.36. The Bertz CT molecular complexity index is 729. The summed E-state index contributed by atoms with van der Waals surface area (Å²) in [5.74, 6) is 0.